The molecule has 233 valence electrons. The van der Waals surface area contributed by atoms with Gasteiger partial charge in [-0.1, -0.05) is 0 Å². The molecule has 0 aromatic rings. The maximum Gasteiger partial charge on any atom is 3.00 e. The molecule has 0 aliphatic rings. The van der Waals surface area contributed by atoms with Crippen molar-refractivity contribution in [3.8, 4) is 0 Å². The van der Waals surface area contributed by atoms with Crippen LogP contribution in [0, 0.1) is 0 Å². The van der Waals surface area contributed by atoms with Crippen LogP contribution in [0.2, 0.25) is 0 Å². The van der Waals surface area contributed by atoms with Crippen LogP contribution in [0.3, 0.4) is 0 Å². The molecule has 0 heterocycles. The fourth-order valence-electron chi connectivity index (χ4n) is 1.04. The van der Waals surface area contributed by atoms with Gasteiger partial charge in [-0.05, 0) is 0 Å². The van der Waals surface area contributed by atoms with E-state index in [-0.39, 0.29) is 17.1 Å². The van der Waals surface area contributed by atoms with Crippen LogP contribution in [0.1, 0.15) is 19.3 Å². The average molecular weight is 680 g/mol. The smallest absolute Gasteiger partial charge is 0.289 e. The Morgan fingerprint density at radius 1 is 0.275 bits per heavy atom. The Labute approximate surface area is 216 Å². The summed E-state index contributed by atoms with van der Waals surface area (Å²) in [5, 5.41) is 0. The van der Waals surface area contributed by atoms with Gasteiger partial charge in [-0.3, -0.25) is 28.8 Å². The molecular weight excluding hydrogens is 674 g/mol. The van der Waals surface area contributed by atoms with Gasteiger partial charge in [0, 0.05) is 0 Å². The van der Waals surface area contributed by atoms with E-state index in [9.17, 15) is 108 Å². The molecule has 40 heavy (non-hydrogen) atoms. The molecule has 0 N–H and O–H groups in total. The first-order valence-electron chi connectivity index (χ1n) is 8.25. The van der Waals surface area contributed by atoms with Crippen LogP contribution in [-0.4, -0.2) is 71.8 Å². The Hall–Kier alpha value is -2.72. The van der Waals surface area contributed by atoms with Gasteiger partial charge in [0.05, 0.1) is 19.3 Å². The van der Waals surface area contributed by atoms with Crippen molar-refractivity contribution in [3.05, 3.63) is 0 Å². The number of ketones is 6. The summed E-state index contributed by atoms with van der Waals surface area (Å²) in [5.74, 6) is -16.2. The minimum Gasteiger partial charge on any atom is -0.289 e. The largest absolute Gasteiger partial charge is 3.00 e. The maximum atomic E-state index is 11.3. The fraction of sp³-hybridized carbons (Fsp3) is 0.600. The number of hydrogen-bond donors (Lipinski definition) is 0. The number of halogens is 18. The van der Waals surface area contributed by atoms with Gasteiger partial charge in [-0.15, -0.1) is 0 Å². The van der Waals surface area contributed by atoms with Crippen LogP contribution in [0.4, 0.5) is 79.0 Å². The molecule has 1 radical (unpaired) electrons. The molecule has 0 rings (SSSR count). The Balaban J connectivity index is -0.000000240. The van der Waals surface area contributed by atoms with E-state index < -0.39 is 91.0 Å². The summed E-state index contributed by atoms with van der Waals surface area (Å²) in [6.07, 6.45) is -39.0. The predicted molar refractivity (Wildman–Crippen MR) is 80.2 cm³/mol. The van der Waals surface area contributed by atoms with Gasteiger partial charge in [0.15, 0.2) is 0 Å². The van der Waals surface area contributed by atoms with Crippen molar-refractivity contribution in [2.45, 2.75) is 56.3 Å². The summed E-state index contributed by atoms with van der Waals surface area (Å²) in [6, 6.07) is 0. The predicted octanol–water partition coefficient (Wildman–Crippen LogP) is 4.92. The Bertz CT molecular complexity index is 726. The van der Waals surface area contributed by atoms with E-state index in [1.807, 2.05) is 0 Å². The van der Waals surface area contributed by atoms with E-state index in [2.05, 4.69) is 0 Å². The molecule has 0 amide bonds. The second-order valence-corrected chi connectivity index (χ2v) is 6.06. The summed E-state index contributed by atoms with van der Waals surface area (Å²) in [6.45, 7) is 0. The van der Waals surface area contributed by atoms with E-state index in [0.717, 1.165) is 0 Å². The Morgan fingerprint density at radius 2 is 0.350 bits per heavy atom. The van der Waals surface area contributed by atoms with Crippen LogP contribution in [0.25, 0.3) is 0 Å². The molecule has 0 saturated carbocycles. The standard InChI is InChI=1S/3C5H2F6O2.Fe/c3*6-4(7,8)2(12)1-3(13)5(9,10)11;/h3*1H2;/q;;;+3. The maximum absolute atomic E-state index is 11.3. The fourth-order valence-corrected chi connectivity index (χ4v) is 1.04. The van der Waals surface area contributed by atoms with Crippen molar-refractivity contribution in [2.75, 3.05) is 0 Å². The van der Waals surface area contributed by atoms with Crippen molar-refractivity contribution < 1.29 is 125 Å². The van der Waals surface area contributed by atoms with E-state index in [1.165, 1.54) is 0 Å². The van der Waals surface area contributed by atoms with Gasteiger partial charge < -0.3 is 0 Å². The molecule has 0 atom stereocenters. The monoisotopic (exact) mass is 680 g/mol. The van der Waals surface area contributed by atoms with Crippen LogP contribution >= 0.6 is 0 Å². The van der Waals surface area contributed by atoms with E-state index >= 15 is 0 Å². The van der Waals surface area contributed by atoms with Gasteiger partial charge in [0.1, 0.15) is 0 Å². The quantitative estimate of drug-likeness (QED) is 0.225. The first-order valence-corrected chi connectivity index (χ1v) is 8.25. The van der Waals surface area contributed by atoms with Crippen molar-refractivity contribution in [2.24, 2.45) is 0 Å². The van der Waals surface area contributed by atoms with Crippen molar-refractivity contribution in [3.63, 3.8) is 0 Å². The molecule has 0 spiro atoms. The van der Waals surface area contributed by atoms with Gasteiger partial charge in [-0.2, -0.15) is 79.0 Å². The zero-order valence-electron chi connectivity index (χ0n) is 17.7. The summed E-state index contributed by atoms with van der Waals surface area (Å²) < 4.78 is 204. The van der Waals surface area contributed by atoms with E-state index in [0.29, 0.717) is 0 Å². The Kier molecular flexibility index (Phi) is 17.0. The third-order valence-electron chi connectivity index (χ3n) is 2.86. The summed E-state index contributed by atoms with van der Waals surface area (Å²) in [5.41, 5.74) is 0. The van der Waals surface area contributed by atoms with Crippen molar-refractivity contribution in [1.29, 1.82) is 0 Å². The average Bonchev–Trinajstić information content (AvgIpc) is 2.64. The number of Topliss-reactive ketones (excluding diaryl/α,β-unsaturated/α-hetero) is 6. The molecule has 0 fully saturated rings. The number of rotatable bonds is 6. The third kappa shape index (κ3) is 20.2. The topological polar surface area (TPSA) is 102 Å². The Morgan fingerprint density at radius 3 is 0.400 bits per heavy atom. The first-order chi connectivity index (χ1) is 16.6. The zero-order valence-corrected chi connectivity index (χ0v) is 18.8. The summed E-state index contributed by atoms with van der Waals surface area (Å²) in [4.78, 5) is 59.3. The van der Waals surface area contributed by atoms with Gasteiger partial charge >= 0.3 is 54.1 Å². The SMILES string of the molecule is O=C(CC(=O)C(F)(F)F)C(F)(F)F.O=C(CC(=O)C(F)(F)F)C(F)(F)F.O=C(CC(=O)C(F)(F)F)C(F)(F)F.[Fe+3]. The van der Waals surface area contributed by atoms with Gasteiger partial charge in [0.25, 0.3) is 0 Å². The molecule has 0 unspecified atom stereocenters. The van der Waals surface area contributed by atoms with Gasteiger partial charge in [-0.25, -0.2) is 0 Å². The molecule has 0 aromatic carbocycles. The third-order valence-corrected chi connectivity index (χ3v) is 2.86. The summed E-state index contributed by atoms with van der Waals surface area (Å²) >= 11 is 0. The molecule has 6 nitrogen and oxygen atoms in total. The molecule has 0 bridgehead atoms. The normalized spacial score (nSPS) is 12.4. The molecular formula is C15H6F18FeO6+3. The molecule has 0 aromatic heterocycles. The number of alkyl halides is 18. The van der Waals surface area contributed by atoms with Crippen molar-refractivity contribution in [1.82, 2.24) is 0 Å². The van der Waals surface area contributed by atoms with Gasteiger partial charge in [0.2, 0.25) is 34.7 Å². The van der Waals surface area contributed by atoms with E-state index in [4.69, 9.17) is 0 Å². The second-order valence-electron chi connectivity index (χ2n) is 6.06. The van der Waals surface area contributed by atoms with Crippen LogP contribution in [0.5, 0.6) is 0 Å². The number of carbonyl (C=O) groups excluding carboxylic acids is 6. The summed E-state index contributed by atoms with van der Waals surface area (Å²) in [7, 11) is 0. The number of hydrogen-bond acceptors (Lipinski definition) is 6. The van der Waals surface area contributed by atoms with E-state index in [1.54, 1.807) is 0 Å². The molecule has 25 heteroatoms. The second kappa shape index (κ2) is 15.3. The van der Waals surface area contributed by atoms with Crippen LogP contribution < -0.4 is 0 Å². The first kappa shape index (κ1) is 44.3. The number of carbonyl (C=O) groups is 6. The zero-order chi connectivity index (χ0) is 32.6. The molecule has 0 aliphatic heterocycles. The minimum atomic E-state index is -5.40. The van der Waals surface area contributed by atoms with Crippen LogP contribution in [0.15, 0.2) is 0 Å². The van der Waals surface area contributed by atoms with Crippen molar-refractivity contribution >= 4 is 34.7 Å². The minimum absolute atomic E-state index is 0. The molecule has 0 aliphatic carbocycles. The van der Waals surface area contributed by atoms with Crippen LogP contribution in [-0.2, 0) is 45.8 Å². The molecule has 0 saturated heterocycles.